The maximum absolute atomic E-state index is 12.4. The van der Waals surface area contributed by atoms with Crippen molar-refractivity contribution in [3.05, 3.63) is 35.4 Å². The van der Waals surface area contributed by atoms with E-state index in [9.17, 15) is 4.79 Å². The Balaban J connectivity index is 0.00000220. The van der Waals surface area contributed by atoms with E-state index in [1.165, 1.54) is 17.5 Å². The summed E-state index contributed by atoms with van der Waals surface area (Å²) in [6.45, 7) is 7.16. The van der Waals surface area contributed by atoms with Gasteiger partial charge in [-0.2, -0.15) is 0 Å². The fourth-order valence-corrected chi connectivity index (χ4v) is 2.85. The molecule has 0 aliphatic carbocycles. The molecule has 1 fully saturated rings. The van der Waals surface area contributed by atoms with E-state index >= 15 is 0 Å². The fraction of sp³-hybridized carbons (Fsp3) is 0.588. The summed E-state index contributed by atoms with van der Waals surface area (Å²) >= 11 is 0. The maximum Gasteiger partial charge on any atom is 0.240 e. The number of carbonyl (C=O) groups excluding carboxylic acids is 1. The molecule has 1 saturated heterocycles. The van der Waals surface area contributed by atoms with Gasteiger partial charge in [0.2, 0.25) is 5.91 Å². The molecule has 21 heavy (non-hydrogen) atoms. The average Bonchev–Trinajstić information content (AvgIpc) is 2.42. The minimum atomic E-state index is -0.391. The largest absolute Gasteiger partial charge is 0.352 e. The number of benzene rings is 1. The van der Waals surface area contributed by atoms with E-state index in [2.05, 4.69) is 48.7 Å². The summed E-state index contributed by atoms with van der Waals surface area (Å²) in [4.78, 5) is 12.4. The van der Waals surface area contributed by atoms with Gasteiger partial charge in [-0.3, -0.25) is 4.79 Å². The second-order valence-electron chi connectivity index (χ2n) is 6.22. The Morgan fingerprint density at radius 2 is 2.10 bits per heavy atom. The van der Waals surface area contributed by atoms with Gasteiger partial charge >= 0.3 is 0 Å². The van der Waals surface area contributed by atoms with Crippen molar-refractivity contribution in [2.24, 2.45) is 0 Å². The Kier molecular flexibility index (Phi) is 6.69. The van der Waals surface area contributed by atoms with Crippen molar-refractivity contribution in [1.29, 1.82) is 0 Å². The molecule has 1 aromatic carbocycles. The van der Waals surface area contributed by atoms with Crippen LogP contribution >= 0.6 is 12.4 Å². The minimum absolute atomic E-state index is 0. The number of carbonyl (C=O) groups is 1. The van der Waals surface area contributed by atoms with Crippen LogP contribution < -0.4 is 10.6 Å². The molecule has 1 aromatic rings. The molecular formula is C17H27ClN2O. The lowest BCUT2D eigenvalue weighted by Gasteiger charge is -2.34. The number of halogens is 1. The van der Waals surface area contributed by atoms with Gasteiger partial charge in [0.25, 0.3) is 0 Å². The number of amides is 1. The predicted molar refractivity (Wildman–Crippen MR) is 90.0 cm³/mol. The van der Waals surface area contributed by atoms with Gasteiger partial charge in [-0.15, -0.1) is 12.4 Å². The highest BCUT2D eigenvalue weighted by molar-refractivity contribution is 5.86. The molecule has 1 aliphatic heterocycles. The molecule has 1 heterocycles. The van der Waals surface area contributed by atoms with E-state index < -0.39 is 5.54 Å². The minimum Gasteiger partial charge on any atom is -0.352 e. The average molecular weight is 311 g/mol. The first kappa shape index (κ1) is 18.0. The van der Waals surface area contributed by atoms with E-state index in [-0.39, 0.29) is 24.4 Å². The molecule has 1 amide bonds. The number of rotatable bonds is 4. The van der Waals surface area contributed by atoms with Gasteiger partial charge in [0.05, 0.1) is 5.54 Å². The normalized spacial score (nSPS) is 23.0. The van der Waals surface area contributed by atoms with E-state index in [1.807, 2.05) is 6.92 Å². The summed E-state index contributed by atoms with van der Waals surface area (Å²) in [5.74, 6) is 0.137. The molecule has 2 rings (SSSR count). The molecule has 0 spiro atoms. The highest BCUT2D eigenvalue weighted by Gasteiger charge is 2.34. The molecule has 3 nitrogen and oxygen atoms in total. The van der Waals surface area contributed by atoms with Crippen molar-refractivity contribution in [3.63, 3.8) is 0 Å². The first-order valence-corrected chi connectivity index (χ1v) is 7.62. The molecule has 0 aromatic heterocycles. The quantitative estimate of drug-likeness (QED) is 0.897. The van der Waals surface area contributed by atoms with Crippen LogP contribution in [0.3, 0.4) is 0 Å². The summed E-state index contributed by atoms with van der Waals surface area (Å²) < 4.78 is 0. The number of piperidine rings is 1. The summed E-state index contributed by atoms with van der Waals surface area (Å²) in [6.07, 6.45) is 4.11. The van der Waals surface area contributed by atoms with Crippen molar-refractivity contribution in [2.75, 3.05) is 6.54 Å². The Bertz CT molecular complexity index is 470. The smallest absolute Gasteiger partial charge is 0.240 e. The van der Waals surface area contributed by atoms with E-state index in [1.54, 1.807) is 0 Å². The van der Waals surface area contributed by atoms with E-state index in [0.29, 0.717) is 0 Å². The van der Waals surface area contributed by atoms with Crippen LogP contribution in [0.5, 0.6) is 0 Å². The van der Waals surface area contributed by atoms with Crippen LogP contribution in [0, 0.1) is 6.92 Å². The molecule has 2 atom stereocenters. The summed E-state index contributed by atoms with van der Waals surface area (Å²) in [5, 5.41) is 6.53. The van der Waals surface area contributed by atoms with Crippen LogP contribution in [0.15, 0.2) is 24.3 Å². The first-order chi connectivity index (χ1) is 9.51. The lowest BCUT2D eigenvalue weighted by molar-refractivity contribution is -0.128. The van der Waals surface area contributed by atoms with Crippen molar-refractivity contribution in [1.82, 2.24) is 10.6 Å². The second kappa shape index (κ2) is 7.81. The van der Waals surface area contributed by atoms with Gasteiger partial charge in [0, 0.05) is 6.04 Å². The zero-order valence-electron chi connectivity index (χ0n) is 13.2. The third-order valence-corrected chi connectivity index (χ3v) is 4.28. The highest BCUT2D eigenvalue weighted by atomic mass is 35.5. The van der Waals surface area contributed by atoms with Crippen LogP contribution in [0.1, 0.15) is 44.2 Å². The Hall–Kier alpha value is -1.06. The number of hydrogen-bond donors (Lipinski definition) is 2. The molecule has 118 valence electrons. The fourth-order valence-electron chi connectivity index (χ4n) is 2.85. The summed E-state index contributed by atoms with van der Waals surface area (Å²) in [5.41, 5.74) is 2.20. The molecule has 2 unspecified atom stereocenters. The van der Waals surface area contributed by atoms with Gasteiger partial charge in [-0.05, 0) is 64.1 Å². The molecule has 1 aliphatic rings. The lowest BCUT2D eigenvalue weighted by Crippen LogP contribution is -2.58. The number of nitrogens with one attached hydrogen (secondary N) is 2. The van der Waals surface area contributed by atoms with Crippen molar-refractivity contribution in [2.45, 2.75) is 58.0 Å². The van der Waals surface area contributed by atoms with Crippen LogP contribution in [-0.4, -0.2) is 24.0 Å². The Morgan fingerprint density at radius 1 is 1.38 bits per heavy atom. The monoisotopic (exact) mass is 310 g/mol. The lowest BCUT2D eigenvalue weighted by atomic mass is 9.89. The standard InChI is InChI=1S/C17H26N2O.ClH/c1-13-8-4-5-9-15(13)12-14(2)19-16(20)17(3)10-6-7-11-18-17;/h4-5,8-9,14,18H,6-7,10-12H2,1-3H3,(H,19,20);1H. The molecule has 2 N–H and O–H groups in total. The zero-order chi connectivity index (χ0) is 14.6. The van der Waals surface area contributed by atoms with Crippen LogP contribution in [0.25, 0.3) is 0 Å². The van der Waals surface area contributed by atoms with E-state index in [0.717, 1.165) is 25.8 Å². The van der Waals surface area contributed by atoms with Gasteiger partial charge < -0.3 is 10.6 Å². The van der Waals surface area contributed by atoms with Crippen LogP contribution in [-0.2, 0) is 11.2 Å². The third kappa shape index (κ3) is 4.72. The molecule has 0 bridgehead atoms. The molecule has 4 heteroatoms. The number of aryl methyl sites for hydroxylation is 1. The number of hydrogen-bond acceptors (Lipinski definition) is 2. The molecule has 0 radical (unpaired) electrons. The second-order valence-corrected chi connectivity index (χ2v) is 6.22. The van der Waals surface area contributed by atoms with Gasteiger partial charge in [-0.1, -0.05) is 24.3 Å². The summed E-state index contributed by atoms with van der Waals surface area (Å²) in [7, 11) is 0. The molecule has 0 saturated carbocycles. The van der Waals surface area contributed by atoms with Crippen molar-refractivity contribution in [3.8, 4) is 0 Å². The topological polar surface area (TPSA) is 41.1 Å². The van der Waals surface area contributed by atoms with Gasteiger partial charge in [-0.25, -0.2) is 0 Å². The van der Waals surface area contributed by atoms with Crippen molar-refractivity contribution < 1.29 is 4.79 Å². The zero-order valence-corrected chi connectivity index (χ0v) is 14.1. The maximum atomic E-state index is 12.4. The predicted octanol–water partition coefficient (Wildman–Crippen LogP) is 3.00. The highest BCUT2D eigenvalue weighted by Crippen LogP contribution is 2.19. The van der Waals surface area contributed by atoms with Crippen LogP contribution in [0.4, 0.5) is 0 Å². The molecular weight excluding hydrogens is 284 g/mol. The summed E-state index contributed by atoms with van der Waals surface area (Å²) in [6, 6.07) is 8.52. The third-order valence-electron chi connectivity index (χ3n) is 4.28. The van der Waals surface area contributed by atoms with Gasteiger partial charge in [0.1, 0.15) is 0 Å². The Morgan fingerprint density at radius 3 is 2.71 bits per heavy atom. The Labute approximate surface area is 134 Å². The SMILES string of the molecule is Cc1ccccc1CC(C)NC(=O)C1(C)CCCCN1.Cl. The van der Waals surface area contributed by atoms with E-state index in [4.69, 9.17) is 0 Å². The first-order valence-electron chi connectivity index (χ1n) is 7.62. The van der Waals surface area contributed by atoms with Gasteiger partial charge in [0.15, 0.2) is 0 Å². The van der Waals surface area contributed by atoms with Crippen molar-refractivity contribution >= 4 is 18.3 Å². The van der Waals surface area contributed by atoms with Crippen LogP contribution in [0.2, 0.25) is 0 Å².